The Kier molecular flexibility index (Phi) is 4.95. The van der Waals surface area contributed by atoms with Crippen LogP contribution < -0.4 is 15.5 Å². The maximum Gasteiger partial charge on any atom is 0.261 e. The van der Waals surface area contributed by atoms with E-state index in [1.54, 1.807) is 42.5 Å². The highest BCUT2D eigenvalue weighted by molar-refractivity contribution is 7.92. The average Bonchev–Trinajstić information content (AvgIpc) is 2.55. The number of anilines is 3. The molecule has 26 heavy (non-hydrogen) atoms. The summed E-state index contributed by atoms with van der Waals surface area (Å²) in [5.41, 5.74) is 3.90. The molecule has 0 saturated heterocycles. The van der Waals surface area contributed by atoms with Crippen LogP contribution in [0.5, 0.6) is 0 Å². The van der Waals surface area contributed by atoms with Gasteiger partial charge in [0.05, 0.1) is 4.90 Å². The van der Waals surface area contributed by atoms with Gasteiger partial charge in [-0.3, -0.25) is 4.72 Å². The average molecular weight is 366 g/mol. The molecule has 0 spiro atoms. The molecule has 2 N–H and O–H groups in total. The van der Waals surface area contributed by atoms with E-state index >= 15 is 0 Å². The van der Waals surface area contributed by atoms with Crippen LogP contribution in [0.2, 0.25) is 0 Å². The standard InChI is InChI=1S/C18H19BN4O2S/c1-12-10-13(2)21-18(20-12)22-15-6-8-16(9-7-15)23-26(24,25)17-5-3-4-14(19)11-17/h3-11,23H,19H2,1-2H3,(H,20,21,22). The van der Waals surface area contributed by atoms with Crippen molar-refractivity contribution in [2.75, 3.05) is 10.0 Å². The molecule has 1 heterocycles. The highest BCUT2D eigenvalue weighted by Crippen LogP contribution is 2.20. The monoisotopic (exact) mass is 366 g/mol. The lowest BCUT2D eigenvalue weighted by Gasteiger charge is -2.10. The number of benzene rings is 2. The SMILES string of the molecule is Bc1cccc(S(=O)(=O)Nc2ccc(Nc3nc(C)cc(C)n3)cc2)c1. The molecule has 0 fully saturated rings. The Balaban J connectivity index is 1.75. The molecular weight excluding hydrogens is 347 g/mol. The predicted octanol–water partition coefficient (Wildman–Crippen LogP) is 1.90. The van der Waals surface area contributed by atoms with Crippen LogP contribution in [-0.4, -0.2) is 26.2 Å². The summed E-state index contributed by atoms with van der Waals surface area (Å²) >= 11 is 0. The van der Waals surface area contributed by atoms with Crippen LogP contribution in [0.3, 0.4) is 0 Å². The molecule has 0 atom stereocenters. The van der Waals surface area contributed by atoms with Crippen molar-refractivity contribution in [3.63, 3.8) is 0 Å². The summed E-state index contributed by atoms with van der Waals surface area (Å²) in [4.78, 5) is 8.89. The van der Waals surface area contributed by atoms with Gasteiger partial charge in [0, 0.05) is 22.8 Å². The number of aromatic nitrogens is 2. The van der Waals surface area contributed by atoms with Crippen molar-refractivity contribution >= 4 is 40.7 Å². The maximum absolute atomic E-state index is 12.5. The van der Waals surface area contributed by atoms with E-state index in [1.807, 2.05) is 33.8 Å². The summed E-state index contributed by atoms with van der Waals surface area (Å²) in [5.74, 6) is 0.510. The van der Waals surface area contributed by atoms with E-state index < -0.39 is 10.0 Å². The molecule has 0 radical (unpaired) electrons. The lowest BCUT2D eigenvalue weighted by molar-refractivity contribution is 0.601. The molecular formula is C18H19BN4O2S. The molecule has 132 valence electrons. The Labute approximate surface area is 154 Å². The van der Waals surface area contributed by atoms with Gasteiger partial charge in [0.25, 0.3) is 10.0 Å². The number of nitrogens with one attached hydrogen (secondary N) is 2. The number of nitrogens with zero attached hydrogens (tertiary/aromatic N) is 2. The lowest BCUT2D eigenvalue weighted by atomic mass is 9.97. The Hall–Kier alpha value is -2.87. The summed E-state index contributed by atoms with van der Waals surface area (Å²) in [7, 11) is -1.76. The fourth-order valence-corrected chi connectivity index (χ4v) is 3.69. The van der Waals surface area contributed by atoms with Gasteiger partial charge in [-0.1, -0.05) is 17.6 Å². The van der Waals surface area contributed by atoms with E-state index in [2.05, 4.69) is 20.0 Å². The summed E-state index contributed by atoms with van der Waals surface area (Å²) in [6, 6.07) is 15.6. The van der Waals surface area contributed by atoms with E-state index in [9.17, 15) is 8.42 Å². The first kappa shape index (κ1) is 17.9. The first-order valence-electron chi connectivity index (χ1n) is 8.11. The van der Waals surface area contributed by atoms with Crippen LogP contribution in [0, 0.1) is 13.8 Å². The zero-order valence-electron chi connectivity index (χ0n) is 14.8. The highest BCUT2D eigenvalue weighted by Gasteiger charge is 2.14. The molecule has 6 nitrogen and oxygen atoms in total. The van der Waals surface area contributed by atoms with E-state index in [-0.39, 0.29) is 4.90 Å². The van der Waals surface area contributed by atoms with Crippen molar-refractivity contribution in [1.29, 1.82) is 0 Å². The number of hydrogen-bond donors (Lipinski definition) is 2. The van der Waals surface area contributed by atoms with E-state index in [0.717, 1.165) is 22.5 Å². The summed E-state index contributed by atoms with van der Waals surface area (Å²) in [5, 5.41) is 3.12. The molecule has 2 aromatic carbocycles. The molecule has 3 rings (SSSR count). The normalized spacial score (nSPS) is 11.2. The zero-order chi connectivity index (χ0) is 18.7. The van der Waals surface area contributed by atoms with Crippen LogP contribution in [-0.2, 0) is 10.0 Å². The minimum absolute atomic E-state index is 0.239. The van der Waals surface area contributed by atoms with Crippen LogP contribution in [0.1, 0.15) is 11.4 Å². The minimum Gasteiger partial charge on any atom is -0.324 e. The van der Waals surface area contributed by atoms with Gasteiger partial charge in [0.2, 0.25) is 5.95 Å². The molecule has 0 aliphatic rings. The van der Waals surface area contributed by atoms with Crippen molar-refractivity contribution < 1.29 is 8.42 Å². The number of sulfonamides is 1. The molecule has 0 bridgehead atoms. The zero-order valence-corrected chi connectivity index (χ0v) is 15.6. The first-order valence-corrected chi connectivity index (χ1v) is 9.59. The van der Waals surface area contributed by atoms with Gasteiger partial charge in [0.1, 0.15) is 7.85 Å². The van der Waals surface area contributed by atoms with Crippen LogP contribution in [0.15, 0.2) is 59.5 Å². The largest absolute Gasteiger partial charge is 0.324 e. The van der Waals surface area contributed by atoms with E-state index in [4.69, 9.17) is 0 Å². The minimum atomic E-state index is -3.61. The number of hydrogen-bond acceptors (Lipinski definition) is 5. The summed E-state index contributed by atoms with van der Waals surface area (Å²) in [6.45, 7) is 3.81. The number of aryl methyl sites for hydroxylation is 2. The van der Waals surface area contributed by atoms with Crippen LogP contribution >= 0.6 is 0 Å². The van der Waals surface area contributed by atoms with Gasteiger partial charge >= 0.3 is 0 Å². The maximum atomic E-state index is 12.5. The third-order valence-electron chi connectivity index (χ3n) is 3.68. The van der Waals surface area contributed by atoms with Gasteiger partial charge in [-0.05, 0) is 56.3 Å². The fourth-order valence-electron chi connectivity index (χ4n) is 2.53. The molecule has 0 unspecified atom stereocenters. The third-order valence-corrected chi connectivity index (χ3v) is 5.05. The van der Waals surface area contributed by atoms with Crippen LogP contribution in [0.4, 0.5) is 17.3 Å². The smallest absolute Gasteiger partial charge is 0.261 e. The topological polar surface area (TPSA) is 84.0 Å². The van der Waals surface area contributed by atoms with Crippen LogP contribution in [0.25, 0.3) is 0 Å². The third kappa shape index (κ3) is 4.40. The summed E-state index contributed by atoms with van der Waals surface area (Å²) < 4.78 is 27.5. The highest BCUT2D eigenvalue weighted by atomic mass is 32.2. The van der Waals surface area contributed by atoms with Crippen molar-refractivity contribution in [3.8, 4) is 0 Å². The molecule has 1 aromatic heterocycles. The molecule has 3 aromatic rings. The van der Waals surface area contributed by atoms with Gasteiger partial charge in [0.15, 0.2) is 0 Å². The summed E-state index contributed by atoms with van der Waals surface area (Å²) in [6.07, 6.45) is 0. The first-order chi connectivity index (χ1) is 12.3. The second-order valence-electron chi connectivity index (χ2n) is 6.10. The van der Waals surface area contributed by atoms with Crippen molar-refractivity contribution in [1.82, 2.24) is 9.97 Å². The van der Waals surface area contributed by atoms with Gasteiger partial charge in [-0.25, -0.2) is 18.4 Å². The Morgan fingerprint density at radius 2 is 1.50 bits per heavy atom. The molecule has 0 amide bonds. The lowest BCUT2D eigenvalue weighted by Crippen LogP contribution is -2.15. The van der Waals surface area contributed by atoms with Crippen molar-refractivity contribution in [2.24, 2.45) is 0 Å². The molecule has 0 aliphatic carbocycles. The van der Waals surface area contributed by atoms with Gasteiger partial charge < -0.3 is 5.32 Å². The molecule has 0 aliphatic heterocycles. The Bertz CT molecular complexity index is 1020. The molecule has 0 saturated carbocycles. The fraction of sp³-hybridized carbons (Fsp3) is 0.111. The Morgan fingerprint density at radius 1 is 0.885 bits per heavy atom. The second kappa shape index (κ2) is 7.17. The van der Waals surface area contributed by atoms with Crippen molar-refractivity contribution in [3.05, 3.63) is 66.0 Å². The van der Waals surface area contributed by atoms with Gasteiger partial charge in [-0.15, -0.1) is 0 Å². The second-order valence-corrected chi connectivity index (χ2v) is 7.78. The Morgan fingerprint density at radius 3 is 2.12 bits per heavy atom. The van der Waals surface area contributed by atoms with E-state index in [0.29, 0.717) is 11.6 Å². The number of rotatable bonds is 5. The van der Waals surface area contributed by atoms with Crippen molar-refractivity contribution in [2.45, 2.75) is 18.7 Å². The van der Waals surface area contributed by atoms with Gasteiger partial charge in [-0.2, -0.15) is 0 Å². The predicted molar refractivity (Wildman–Crippen MR) is 107 cm³/mol. The quantitative estimate of drug-likeness (QED) is 0.674. The van der Waals surface area contributed by atoms with E-state index in [1.165, 1.54) is 0 Å². The molecule has 8 heteroatoms.